The second kappa shape index (κ2) is 9.33. The summed E-state index contributed by atoms with van der Waals surface area (Å²) < 4.78 is 78.9. The number of hydrazine groups is 1. The number of imidazole rings is 1. The van der Waals surface area contributed by atoms with Crippen LogP contribution in [0.1, 0.15) is 23.2 Å². The van der Waals surface area contributed by atoms with E-state index in [-0.39, 0.29) is 31.0 Å². The Labute approximate surface area is 186 Å². The van der Waals surface area contributed by atoms with E-state index < -0.39 is 45.3 Å². The molecule has 2 N–H and O–H groups in total. The molecule has 2 aromatic rings. The molecule has 0 bridgehead atoms. The fraction of sp³-hybridized carbons (Fsp3) is 0.444. The van der Waals surface area contributed by atoms with Crippen molar-refractivity contribution in [1.29, 1.82) is 0 Å². The fourth-order valence-corrected chi connectivity index (χ4v) is 4.90. The molecule has 0 radical (unpaired) electrons. The summed E-state index contributed by atoms with van der Waals surface area (Å²) in [6, 6.07) is 2.44. The average Bonchev–Trinajstić information content (AvgIpc) is 3.13. The quantitative estimate of drug-likeness (QED) is 0.472. The van der Waals surface area contributed by atoms with E-state index in [1.807, 2.05) is 10.3 Å². The van der Waals surface area contributed by atoms with Crippen molar-refractivity contribution < 1.29 is 30.8 Å². The second-order valence-corrected chi connectivity index (χ2v) is 9.83. The monoisotopic (exact) mass is 497 g/mol. The van der Waals surface area contributed by atoms with E-state index in [2.05, 4.69) is 4.98 Å². The Bertz CT molecular complexity index is 1110. The van der Waals surface area contributed by atoms with Crippen molar-refractivity contribution in [2.24, 2.45) is 7.05 Å². The molecular weight excluding hydrogens is 478 g/mol. The molecule has 1 aromatic carbocycles. The van der Waals surface area contributed by atoms with E-state index in [0.29, 0.717) is 11.3 Å². The first kappa shape index (κ1) is 24.4. The Morgan fingerprint density at radius 3 is 2.69 bits per heavy atom. The maximum absolute atomic E-state index is 14.4. The molecule has 14 heteroatoms. The van der Waals surface area contributed by atoms with Gasteiger partial charge in [0.2, 0.25) is 10.0 Å². The lowest BCUT2D eigenvalue weighted by molar-refractivity contribution is -0.147. The third-order valence-corrected chi connectivity index (χ3v) is 6.81. The first-order valence-electron chi connectivity index (χ1n) is 9.43. The molecule has 3 rings (SSSR count). The summed E-state index contributed by atoms with van der Waals surface area (Å²) in [5.41, 5.74) is 2.13. The van der Waals surface area contributed by atoms with Crippen LogP contribution in [0.3, 0.4) is 0 Å². The molecule has 2 heterocycles. The van der Waals surface area contributed by atoms with Gasteiger partial charge in [-0.1, -0.05) is 11.6 Å². The summed E-state index contributed by atoms with van der Waals surface area (Å²) in [6.07, 6.45) is -0.986. The summed E-state index contributed by atoms with van der Waals surface area (Å²) in [5, 5.41) is -1.54. The van der Waals surface area contributed by atoms with Gasteiger partial charge >= 0.3 is 6.18 Å². The highest BCUT2D eigenvalue weighted by Crippen LogP contribution is 2.27. The zero-order valence-electron chi connectivity index (χ0n) is 16.8. The SMILES string of the molecule is Cn1cnc(-c2cc(Cl)c(F)c(C(=O)NNS(=O)(=O)C3CCCN(CC(F)(F)F)C3)c2)c1. The maximum atomic E-state index is 14.4. The van der Waals surface area contributed by atoms with Gasteiger partial charge in [-0.3, -0.25) is 15.1 Å². The van der Waals surface area contributed by atoms with E-state index >= 15 is 0 Å². The smallest absolute Gasteiger partial charge is 0.340 e. The van der Waals surface area contributed by atoms with Gasteiger partial charge in [0.25, 0.3) is 5.91 Å². The van der Waals surface area contributed by atoms with Crippen LogP contribution >= 0.6 is 11.6 Å². The van der Waals surface area contributed by atoms with Gasteiger partial charge in [-0.25, -0.2) is 17.8 Å². The van der Waals surface area contributed by atoms with Crippen molar-refractivity contribution in [3.8, 4) is 11.3 Å². The van der Waals surface area contributed by atoms with Gasteiger partial charge in [0, 0.05) is 25.4 Å². The number of carbonyl (C=O) groups excluding carboxylic acids is 1. The predicted octanol–water partition coefficient (Wildman–Crippen LogP) is 2.47. The fourth-order valence-electron chi connectivity index (χ4n) is 3.40. The zero-order valence-corrected chi connectivity index (χ0v) is 18.4. The molecule has 1 aromatic heterocycles. The minimum atomic E-state index is -4.46. The minimum Gasteiger partial charge on any atom is -0.340 e. The highest BCUT2D eigenvalue weighted by Gasteiger charge is 2.37. The number of halogens is 5. The van der Waals surface area contributed by atoms with Crippen molar-refractivity contribution in [3.05, 3.63) is 41.1 Å². The third kappa shape index (κ3) is 5.97. The molecule has 0 saturated carbocycles. The maximum Gasteiger partial charge on any atom is 0.401 e. The highest BCUT2D eigenvalue weighted by molar-refractivity contribution is 7.90. The topological polar surface area (TPSA) is 96.3 Å². The number of carbonyl (C=O) groups is 1. The Kier molecular flexibility index (Phi) is 7.12. The van der Waals surface area contributed by atoms with Crippen molar-refractivity contribution in [3.63, 3.8) is 0 Å². The number of hydrogen-bond donors (Lipinski definition) is 2. The number of likely N-dealkylation sites (tertiary alicyclic amines) is 1. The molecule has 8 nitrogen and oxygen atoms in total. The molecule has 1 unspecified atom stereocenters. The number of aryl methyl sites for hydroxylation is 1. The van der Waals surface area contributed by atoms with Crippen LogP contribution in [0.25, 0.3) is 11.3 Å². The highest BCUT2D eigenvalue weighted by atomic mass is 35.5. The van der Waals surface area contributed by atoms with Gasteiger partial charge in [0.1, 0.15) is 0 Å². The van der Waals surface area contributed by atoms with Gasteiger partial charge < -0.3 is 4.57 Å². The number of amides is 1. The van der Waals surface area contributed by atoms with Gasteiger partial charge in [-0.2, -0.15) is 13.2 Å². The van der Waals surface area contributed by atoms with Crippen molar-refractivity contribution in [2.75, 3.05) is 19.6 Å². The van der Waals surface area contributed by atoms with E-state index in [0.717, 1.165) is 4.90 Å². The van der Waals surface area contributed by atoms with Crippen LogP contribution in [0, 0.1) is 5.82 Å². The normalized spacial score (nSPS) is 18.0. The molecule has 176 valence electrons. The Hall–Kier alpha value is -2.22. The number of hydrogen-bond acceptors (Lipinski definition) is 5. The van der Waals surface area contributed by atoms with Crippen LogP contribution in [0.5, 0.6) is 0 Å². The van der Waals surface area contributed by atoms with Crippen LogP contribution in [0.2, 0.25) is 5.02 Å². The lowest BCUT2D eigenvalue weighted by Crippen LogP contribution is -2.52. The number of rotatable bonds is 6. The molecule has 1 saturated heterocycles. The summed E-state index contributed by atoms with van der Waals surface area (Å²) in [5.74, 6) is -2.18. The molecule has 0 aliphatic carbocycles. The zero-order chi connectivity index (χ0) is 23.7. The molecule has 1 aliphatic rings. The van der Waals surface area contributed by atoms with Crippen molar-refractivity contribution in [2.45, 2.75) is 24.3 Å². The van der Waals surface area contributed by atoms with Crippen LogP contribution in [0.15, 0.2) is 24.7 Å². The number of nitrogens with zero attached hydrogens (tertiary/aromatic N) is 3. The molecule has 1 aliphatic heterocycles. The lowest BCUT2D eigenvalue weighted by atomic mass is 10.1. The number of piperidine rings is 1. The molecule has 1 amide bonds. The van der Waals surface area contributed by atoms with Gasteiger partial charge in [0.05, 0.1) is 34.4 Å². The van der Waals surface area contributed by atoms with E-state index in [1.165, 1.54) is 18.5 Å². The molecule has 32 heavy (non-hydrogen) atoms. The largest absolute Gasteiger partial charge is 0.401 e. The van der Waals surface area contributed by atoms with Crippen molar-refractivity contribution >= 4 is 27.5 Å². The Morgan fingerprint density at radius 2 is 2.06 bits per heavy atom. The number of alkyl halides is 3. The number of benzene rings is 1. The standard InChI is InChI=1S/C18H20ClF4N5O3S/c1-27-8-15(24-10-27)11-5-13(16(20)14(19)6-11)17(29)25-26-32(30,31)12-3-2-4-28(7-12)9-18(21,22)23/h5-6,8,10,12,26H,2-4,7,9H2,1H3,(H,25,29). The third-order valence-electron chi connectivity index (χ3n) is 4.88. The van der Waals surface area contributed by atoms with Crippen LogP contribution < -0.4 is 10.3 Å². The predicted molar refractivity (Wildman–Crippen MR) is 109 cm³/mol. The van der Waals surface area contributed by atoms with Crippen LogP contribution in [-0.2, 0) is 17.1 Å². The summed E-state index contributed by atoms with van der Waals surface area (Å²) >= 11 is 5.87. The Morgan fingerprint density at radius 1 is 1.34 bits per heavy atom. The molecule has 0 spiro atoms. The minimum absolute atomic E-state index is 0.113. The Balaban J connectivity index is 1.71. The summed E-state index contributed by atoms with van der Waals surface area (Å²) in [7, 11) is -2.51. The first-order chi connectivity index (χ1) is 14.9. The van der Waals surface area contributed by atoms with E-state index in [1.54, 1.807) is 17.8 Å². The molecule has 1 fully saturated rings. The van der Waals surface area contributed by atoms with Gasteiger partial charge in [-0.15, -0.1) is 4.83 Å². The van der Waals surface area contributed by atoms with Crippen molar-refractivity contribution in [1.82, 2.24) is 24.7 Å². The lowest BCUT2D eigenvalue weighted by Gasteiger charge is -2.32. The average molecular weight is 498 g/mol. The molecule has 1 atom stereocenters. The number of aromatic nitrogens is 2. The number of nitrogens with one attached hydrogen (secondary N) is 2. The van der Waals surface area contributed by atoms with E-state index in [4.69, 9.17) is 11.6 Å². The molecular formula is C18H20ClF4N5O3S. The van der Waals surface area contributed by atoms with Gasteiger partial charge in [-0.05, 0) is 31.5 Å². The second-order valence-electron chi connectivity index (χ2n) is 7.46. The van der Waals surface area contributed by atoms with E-state index in [9.17, 15) is 30.8 Å². The first-order valence-corrected chi connectivity index (χ1v) is 11.4. The summed E-state index contributed by atoms with van der Waals surface area (Å²) in [6.45, 7) is -1.46. The van der Waals surface area contributed by atoms with Gasteiger partial charge in [0.15, 0.2) is 5.82 Å². The summed E-state index contributed by atoms with van der Waals surface area (Å²) in [4.78, 5) is 19.4. The van der Waals surface area contributed by atoms with Crippen LogP contribution in [0.4, 0.5) is 17.6 Å². The number of sulfonamides is 1. The van der Waals surface area contributed by atoms with Crippen LogP contribution in [-0.4, -0.2) is 59.8 Å².